The SMILES string of the molecule is CCOc1ccc(CCNC(=O)C(C)(C)Cc2ccccc2)cc1OCC. The van der Waals surface area contributed by atoms with E-state index in [0.717, 1.165) is 29.9 Å². The average Bonchev–Trinajstić information content (AvgIpc) is 2.64. The fourth-order valence-corrected chi connectivity index (χ4v) is 3.00. The predicted octanol–water partition coefficient (Wildman–Crippen LogP) is 4.41. The molecule has 0 aliphatic carbocycles. The molecule has 2 rings (SSSR count). The minimum absolute atomic E-state index is 0.0716. The Balaban J connectivity index is 1.91. The number of benzene rings is 2. The van der Waals surface area contributed by atoms with Gasteiger partial charge in [0.05, 0.1) is 13.2 Å². The number of carbonyl (C=O) groups excluding carboxylic acids is 1. The molecule has 0 atom stereocenters. The topological polar surface area (TPSA) is 47.6 Å². The maximum absolute atomic E-state index is 12.6. The van der Waals surface area contributed by atoms with Gasteiger partial charge in [-0.25, -0.2) is 0 Å². The molecule has 0 bridgehead atoms. The fraction of sp³-hybridized carbons (Fsp3) is 0.435. The lowest BCUT2D eigenvalue weighted by molar-refractivity contribution is -0.129. The molecule has 2 aromatic rings. The maximum Gasteiger partial charge on any atom is 0.226 e. The van der Waals surface area contributed by atoms with Crippen LogP contribution < -0.4 is 14.8 Å². The van der Waals surface area contributed by atoms with E-state index in [1.165, 1.54) is 5.56 Å². The summed E-state index contributed by atoms with van der Waals surface area (Å²) in [5, 5.41) is 3.07. The Bertz CT molecular complexity index is 726. The van der Waals surface area contributed by atoms with Crippen molar-refractivity contribution < 1.29 is 14.3 Å². The van der Waals surface area contributed by atoms with E-state index in [-0.39, 0.29) is 5.91 Å². The molecule has 0 saturated carbocycles. The van der Waals surface area contributed by atoms with E-state index < -0.39 is 5.41 Å². The van der Waals surface area contributed by atoms with E-state index in [1.807, 2.05) is 64.1 Å². The van der Waals surface area contributed by atoms with Crippen LogP contribution in [-0.2, 0) is 17.6 Å². The molecule has 2 aromatic carbocycles. The first-order valence-corrected chi connectivity index (χ1v) is 9.67. The summed E-state index contributed by atoms with van der Waals surface area (Å²) in [5.74, 6) is 1.59. The maximum atomic E-state index is 12.6. The van der Waals surface area contributed by atoms with Gasteiger partial charge in [-0.3, -0.25) is 4.79 Å². The van der Waals surface area contributed by atoms with E-state index in [4.69, 9.17) is 9.47 Å². The van der Waals surface area contributed by atoms with Crippen LogP contribution in [0.2, 0.25) is 0 Å². The van der Waals surface area contributed by atoms with Gasteiger partial charge in [0, 0.05) is 12.0 Å². The van der Waals surface area contributed by atoms with Crippen molar-refractivity contribution in [1.29, 1.82) is 0 Å². The molecular formula is C23H31NO3. The van der Waals surface area contributed by atoms with Crippen molar-refractivity contribution in [2.75, 3.05) is 19.8 Å². The van der Waals surface area contributed by atoms with Gasteiger partial charge in [0.25, 0.3) is 0 Å². The van der Waals surface area contributed by atoms with Gasteiger partial charge in [-0.1, -0.05) is 50.2 Å². The molecule has 27 heavy (non-hydrogen) atoms. The second kappa shape index (κ2) is 10.0. The van der Waals surface area contributed by atoms with Crippen molar-refractivity contribution in [3.05, 3.63) is 59.7 Å². The predicted molar refractivity (Wildman–Crippen MR) is 109 cm³/mol. The molecule has 0 spiro atoms. The number of rotatable bonds is 10. The van der Waals surface area contributed by atoms with Gasteiger partial charge in [-0.05, 0) is 49.9 Å². The number of hydrogen-bond acceptors (Lipinski definition) is 3. The molecule has 0 aromatic heterocycles. The minimum atomic E-state index is -0.448. The van der Waals surface area contributed by atoms with Crippen LogP contribution in [0.4, 0.5) is 0 Å². The third kappa shape index (κ3) is 6.31. The van der Waals surface area contributed by atoms with E-state index >= 15 is 0 Å². The van der Waals surface area contributed by atoms with Crippen molar-refractivity contribution in [2.45, 2.75) is 40.5 Å². The summed E-state index contributed by atoms with van der Waals surface area (Å²) in [5.41, 5.74) is 1.84. The zero-order valence-electron chi connectivity index (χ0n) is 16.9. The third-order valence-corrected chi connectivity index (χ3v) is 4.41. The zero-order valence-corrected chi connectivity index (χ0v) is 16.9. The summed E-state index contributed by atoms with van der Waals surface area (Å²) in [6, 6.07) is 16.1. The van der Waals surface area contributed by atoms with Gasteiger partial charge in [0.1, 0.15) is 0 Å². The highest BCUT2D eigenvalue weighted by molar-refractivity contribution is 5.82. The third-order valence-electron chi connectivity index (χ3n) is 4.41. The largest absolute Gasteiger partial charge is 0.490 e. The Morgan fingerprint density at radius 3 is 2.26 bits per heavy atom. The van der Waals surface area contributed by atoms with Gasteiger partial charge in [0.2, 0.25) is 5.91 Å². The Kier molecular flexibility index (Phi) is 7.71. The molecule has 0 unspecified atom stereocenters. The van der Waals surface area contributed by atoms with E-state index in [9.17, 15) is 4.79 Å². The summed E-state index contributed by atoms with van der Waals surface area (Å²) in [7, 11) is 0. The van der Waals surface area contributed by atoms with Crippen LogP contribution in [0.3, 0.4) is 0 Å². The van der Waals surface area contributed by atoms with Crippen molar-refractivity contribution in [3.8, 4) is 11.5 Å². The van der Waals surface area contributed by atoms with Crippen LogP contribution in [0.25, 0.3) is 0 Å². The van der Waals surface area contributed by atoms with Crippen LogP contribution in [0, 0.1) is 5.41 Å². The van der Waals surface area contributed by atoms with E-state index in [2.05, 4.69) is 17.4 Å². The van der Waals surface area contributed by atoms with Gasteiger partial charge < -0.3 is 14.8 Å². The molecule has 0 heterocycles. The van der Waals surface area contributed by atoms with Gasteiger partial charge >= 0.3 is 0 Å². The Hall–Kier alpha value is -2.49. The summed E-state index contributed by atoms with van der Waals surface area (Å²) in [6.07, 6.45) is 1.47. The molecule has 0 fully saturated rings. The van der Waals surface area contributed by atoms with Crippen LogP contribution in [-0.4, -0.2) is 25.7 Å². The first kappa shape index (κ1) is 20.8. The number of nitrogens with one attached hydrogen (secondary N) is 1. The smallest absolute Gasteiger partial charge is 0.226 e. The van der Waals surface area contributed by atoms with E-state index in [1.54, 1.807) is 0 Å². The molecule has 0 aliphatic heterocycles. The lowest BCUT2D eigenvalue weighted by Crippen LogP contribution is -2.39. The second-order valence-corrected chi connectivity index (χ2v) is 7.20. The first-order valence-electron chi connectivity index (χ1n) is 9.67. The Morgan fingerprint density at radius 1 is 0.926 bits per heavy atom. The fourth-order valence-electron chi connectivity index (χ4n) is 3.00. The van der Waals surface area contributed by atoms with Gasteiger partial charge in [-0.15, -0.1) is 0 Å². The quantitative estimate of drug-likeness (QED) is 0.675. The summed E-state index contributed by atoms with van der Waals surface area (Å²) >= 11 is 0. The number of ether oxygens (including phenoxy) is 2. The molecular weight excluding hydrogens is 338 g/mol. The molecule has 4 nitrogen and oxygen atoms in total. The molecule has 0 aliphatic rings. The summed E-state index contributed by atoms with van der Waals surface area (Å²) in [4.78, 5) is 12.6. The highest BCUT2D eigenvalue weighted by Crippen LogP contribution is 2.28. The summed E-state index contributed by atoms with van der Waals surface area (Å²) in [6.45, 7) is 9.67. The molecule has 146 valence electrons. The number of carbonyl (C=O) groups is 1. The monoisotopic (exact) mass is 369 g/mol. The minimum Gasteiger partial charge on any atom is -0.490 e. The lowest BCUT2D eigenvalue weighted by Gasteiger charge is -2.23. The molecule has 1 N–H and O–H groups in total. The highest BCUT2D eigenvalue weighted by Gasteiger charge is 2.27. The molecule has 0 radical (unpaired) electrons. The Labute approximate surface area is 162 Å². The van der Waals surface area contributed by atoms with E-state index in [0.29, 0.717) is 19.8 Å². The van der Waals surface area contributed by atoms with Crippen LogP contribution >= 0.6 is 0 Å². The van der Waals surface area contributed by atoms with Crippen LogP contribution in [0.15, 0.2) is 48.5 Å². The highest BCUT2D eigenvalue weighted by atomic mass is 16.5. The van der Waals surface area contributed by atoms with Crippen molar-refractivity contribution in [3.63, 3.8) is 0 Å². The lowest BCUT2D eigenvalue weighted by atomic mass is 9.85. The Morgan fingerprint density at radius 2 is 1.59 bits per heavy atom. The number of amides is 1. The van der Waals surface area contributed by atoms with Gasteiger partial charge in [-0.2, -0.15) is 0 Å². The number of hydrogen-bond donors (Lipinski definition) is 1. The normalized spacial score (nSPS) is 11.1. The molecule has 4 heteroatoms. The average molecular weight is 370 g/mol. The van der Waals surface area contributed by atoms with Crippen molar-refractivity contribution >= 4 is 5.91 Å². The standard InChI is InChI=1S/C23H31NO3/c1-5-26-20-13-12-18(16-21(20)27-6-2)14-15-24-22(25)23(3,4)17-19-10-8-7-9-11-19/h7-13,16H,5-6,14-15,17H2,1-4H3,(H,24,25). The second-order valence-electron chi connectivity index (χ2n) is 7.20. The molecule has 0 saturated heterocycles. The van der Waals surface area contributed by atoms with Crippen molar-refractivity contribution in [1.82, 2.24) is 5.32 Å². The molecule has 1 amide bonds. The van der Waals surface area contributed by atoms with Crippen LogP contribution in [0.1, 0.15) is 38.8 Å². The van der Waals surface area contributed by atoms with Crippen LogP contribution in [0.5, 0.6) is 11.5 Å². The zero-order chi connectivity index (χ0) is 19.7. The van der Waals surface area contributed by atoms with Crippen molar-refractivity contribution in [2.24, 2.45) is 5.41 Å². The van der Waals surface area contributed by atoms with Gasteiger partial charge in [0.15, 0.2) is 11.5 Å². The summed E-state index contributed by atoms with van der Waals surface area (Å²) < 4.78 is 11.3. The first-order chi connectivity index (χ1) is 13.0.